The first-order chi connectivity index (χ1) is 12.6. The lowest BCUT2D eigenvalue weighted by molar-refractivity contribution is 0.0926. The van der Waals surface area contributed by atoms with Crippen molar-refractivity contribution >= 4 is 18.1 Å². The lowest BCUT2D eigenvalue weighted by atomic mass is 9.85. The minimum absolute atomic E-state index is 0. The number of nitrogens with one attached hydrogen (secondary N) is 1. The predicted octanol–water partition coefficient (Wildman–Crippen LogP) is 3.32. The molecule has 3 heterocycles. The zero-order valence-electron chi connectivity index (χ0n) is 16.7. The zero-order valence-corrected chi connectivity index (χ0v) is 17.5. The van der Waals surface area contributed by atoms with Crippen molar-refractivity contribution in [1.29, 1.82) is 0 Å². The molecule has 2 aliphatic heterocycles. The maximum absolute atomic E-state index is 4.42. The molecule has 2 aromatic rings. The Morgan fingerprint density at radius 2 is 2.15 bits per heavy atom. The lowest BCUT2D eigenvalue weighted by Gasteiger charge is -2.40. The lowest BCUT2D eigenvalue weighted by Crippen LogP contribution is -2.40. The molecule has 0 radical (unpaired) electrons. The van der Waals surface area contributed by atoms with Crippen LogP contribution >= 0.6 is 12.4 Å². The molecule has 0 saturated carbocycles. The number of halogens is 1. The maximum Gasteiger partial charge on any atom is 0.0537 e. The minimum Gasteiger partial charge on any atom is -0.384 e. The number of rotatable bonds is 5. The number of hydrogen-bond donors (Lipinski definition) is 1. The third-order valence-corrected chi connectivity index (χ3v) is 5.99. The third kappa shape index (κ3) is 4.31. The molecular formula is C21H32ClN5. The Morgan fingerprint density at radius 1 is 1.30 bits per heavy atom. The monoisotopic (exact) mass is 389 g/mol. The Bertz CT molecular complexity index is 759. The minimum atomic E-state index is 0. The van der Waals surface area contributed by atoms with Crippen molar-refractivity contribution in [3.63, 3.8) is 0 Å². The summed E-state index contributed by atoms with van der Waals surface area (Å²) in [5.41, 5.74) is 5.64. The Labute approximate surface area is 169 Å². The van der Waals surface area contributed by atoms with Gasteiger partial charge in [-0.1, -0.05) is 18.2 Å². The van der Waals surface area contributed by atoms with E-state index in [2.05, 4.69) is 58.7 Å². The van der Waals surface area contributed by atoms with Crippen LogP contribution in [-0.2, 0) is 20.0 Å². The van der Waals surface area contributed by atoms with E-state index in [0.29, 0.717) is 12.0 Å². The first-order valence-electron chi connectivity index (χ1n) is 9.84. The largest absolute Gasteiger partial charge is 0.384 e. The topological polar surface area (TPSA) is 36.3 Å². The second-order valence-electron chi connectivity index (χ2n) is 8.10. The smallest absolute Gasteiger partial charge is 0.0537 e. The molecule has 2 atom stereocenters. The summed E-state index contributed by atoms with van der Waals surface area (Å²) in [5, 5.41) is 7.99. The highest BCUT2D eigenvalue weighted by molar-refractivity contribution is 5.85. The SMILES string of the molecule is CN(Cc1cccc2c1NCC2)C[C@@H]1CCCN(C)[C@H]1c1cnn(C)c1.Cl. The van der Waals surface area contributed by atoms with Crippen LogP contribution in [0.2, 0.25) is 0 Å². The van der Waals surface area contributed by atoms with Crippen molar-refractivity contribution in [3.8, 4) is 0 Å². The molecule has 0 bridgehead atoms. The van der Waals surface area contributed by atoms with Crippen molar-refractivity contribution < 1.29 is 0 Å². The molecule has 27 heavy (non-hydrogen) atoms. The Morgan fingerprint density at radius 3 is 2.93 bits per heavy atom. The number of aromatic nitrogens is 2. The fourth-order valence-electron chi connectivity index (χ4n) is 4.87. The molecule has 1 aromatic heterocycles. The Kier molecular flexibility index (Phi) is 6.45. The molecule has 1 N–H and O–H groups in total. The van der Waals surface area contributed by atoms with Gasteiger partial charge in [-0.15, -0.1) is 12.4 Å². The van der Waals surface area contributed by atoms with Crippen LogP contribution < -0.4 is 5.32 Å². The van der Waals surface area contributed by atoms with Gasteiger partial charge in [-0.25, -0.2) is 0 Å². The van der Waals surface area contributed by atoms with E-state index in [0.717, 1.165) is 26.1 Å². The number of hydrogen-bond acceptors (Lipinski definition) is 4. The average molecular weight is 390 g/mol. The van der Waals surface area contributed by atoms with Gasteiger partial charge in [0.25, 0.3) is 0 Å². The molecule has 0 amide bonds. The molecule has 4 rings (SSSR count). The van der Waals surface area contributed by atoms with Crippen molar-refractivity contribution in [2.24, 2.45) is 13.0 Å². The number of nitrogens with zero attached hydrogens (tertiary/aromatic N) is 4. The van der Waals surface area contributed by atoms with Gasteiger partial charge in [0.05, 0.1) is 6.20 Å². The van der Waals surface area contributed by atoms with E-state index >= 15 is 0 Å². The molecule has 0 unspecified atom stereocenters. The van der Waals surface area contributed by atoms with E-state index in [4.69, 9.17) is 0 Å². The van der Waals surface area contributed by atoms with Gasteiger partial charge in [0.2, 0.25) is 0 Å². The van der Waals surface area contributed by atoms with Crippen molar-refractivity contribution in [3.05, 3.63) is 47.3 Å². The molecular weight excluding hydrogens is 358 g/mol. The van der Waals surface area contributed by atoms with Gasteiger partial charge in [0.1, 0.15) is 0 Å². The van der Waals surface area contributed by atoms with Gasteiger partial charge in [-0.2, -0.15) is 5.10 Å². The molecule has 148 valence electrons. The summed E-state index contributed by atoms with van der Waals surface area (Å²) >= 11 is 0. The highest BCUT2D eigenvalue weighted by atomic mass is 35.5. The third-order valence-electron chi connectivity index (χ3n) is 5.99. The number of benzene rings is 1. The molecule has 1 saturated heterocycles. The van der Waals surface area contributed by atoms with Crippen LogP contribution in [0.3, 0.4) is 0 Å². The Balaban J connectivity index is 0.00000210. The molecule has 1 fully saturated rings. The normalized spacial score (nSPS) is 22.4. The maximum atomic E-state index is 4.42. The highest BCUT2D eigenvalue weighted by Gasteiger charge is 2.32. The van der Waals surface area contributed by atoms with E-state index < -0.39 is 0 Å². The van der Waals surface area contributed by atoms with Crippen molar-refractivity contribution in [1.82, 2.24) is 19.6 Å². The number of aryl methyl sites for hydroxylation is 1. The van der Waals surface area contributed by atoms with E-state index in [1.165, 1.54) is 41.8 Å². The second kappa shape index (κ2) is 8.63. The van der Waals surface area contributed by atoms with Crippen LogP contribution in [0.4, 0.5) is 5.69 Å². The molecule has 0 aliphatic carbocycles. The van der Waals surface area contributed by atoms with Crippen LogP contribution in [-0.4, -0.2) is 53.3 Å². The molecule has 5 nitrogen and oxygen atoms in total. The molecule has 6 heteroatoms. The molecule has 1 aromatic carbocycles. The quantitative estimate of drug-likeness (QED) is 0.850. The number of para-hydroxylation sites is 1. The summed E-state index contributed by atoms with van der Waals surface area (Å²) < 4.78 is 1.93. The summed E-state index contributed by atoms with van der Waals surface area (Å²) in [4.78, 5) is 5.02. The van der Waals surface area contributed by atoms with E-state index in [1.54, 1.807) is 0 Å². The Hall–Kier alpha value is -1.56. The summed E-state index contributed by atoms with van der Waals surface area (Å²) in [6, 6.07) is 7.22. The fraction of sp³-hybridized carbons (Fsp3) is 0.571. The first-order valence-corrected chi connectivity index (χ1v) is 9.84. The average Bonchev–Trinajstić information content (AvgIpc) is 3.24. The zero-order chi connectivity index (χ0) is 18.1. The van der Waals surface area contributed by atoms with E-state index in [1.807, 2.05) is 17.9 Å². The van der Waals surface area contributed by atoms with Gasteiger partial charge in [0, 0.05) is 50.2 Å². The standard InChI is InChI=1S/C21H31N5.ClH/c1-24(13-17-7-4-6-16-9-10-22-20(16)17)14-18-8-5-11-25(2)21(18)19-12-23-26(3)15-19;/h4,6-7,12,15,18,21-22H,5,8-11,13-14H2,1-3H3;1H/t18-,21+;/m0./s1. The van der Waals surface area contributed by atoms with Gasteiger partial charge >= 0.3 is 0 Å². The number of piperidine rings is 1. The molecule has 0 spiro atoms. The van der Waals surface area contributed by atoms with Crippen LogP contribution in [0.15, 0.2) is 30.6 Å². The summed E-state index contributed by atoms with van der Waals surface area (Å²) in [7, 11) is 6.54. The van der Waals surface area contributed by atoms with E-state index in [-0.39, 0.29) is 12.4 Å². The van der Waals surface area contributed by atoms with Gasteiger partial charge in [0.15, 0.2) is 0 Å². The first kappa shape index (κ1) is 20.2. The summed E-state index contributed by atoms with van der Waals surface area (Å²) in [6.07, 6.45) is 7.97. The van der Waals surface area contributed by atoms with Crippen LogP contribution in [0.5, 0.6) is 0 Å². The fourth-order valence-corrected chi connectivity index (χ4v) is 4.87. The van der Waals surface area contributed by atoms with Crippen molar-refractivity contribution in [2.75, 3.05) is 39.0 Å². The number of fused-ring (bicyclic) bond motifs is 1. The van der Waals surface area contributed by atoms with Gasteiger partial charge in [-0.3, -0.25) is 9.58 Å². The number of anilines is 1. The van der Waals surface area contributed by atoms with Crippen molar-refractivity contribution in [2.45, 2.75) is 31.8 Å². The number of likely N-dealkylation sites (tertiary alicyclic amines) is 1. The van der Waals surface area contributed by atoms with Crippen LogP contribution in [0.1, 0.15) is 35.6 Å². The summed E-state index contributed by atoms with van der Waals surface area (Å²) in [6.45, 7) is 4.38. The molecule has 2 aliphatic rings. The van der Waals surface area contributed by atoms with Gasteiger partial charge in [-0.05, 0) is 56.9 Å². The van der Waals surface area contributed by atoms with Gasteiger partial charge < -0.3 is 10.2 Å². The predicted molar refractivity (Wildman–Crippen MR) is 114 cm³/mol. The summed E-state index contributed by atoms with van der Waals surface area (Å²) in [5.74, 6) is 0.646. The van der Waals surface area contributed by atoms with Crippen LogP contribution in [0.25, 0.3) is 0 Å². The van der Waals surface area contributed by atoms with Crippen LogP contribution in [0, 0.1) is 5.92 Å². The second-order valence-corrected chi connectivity index (χ2v) is 8.10. The highest BCUT2D eigenvalue weighted by Crippen LogP contribution is 2.36. The van der Waals surface area contributed by atoms with E-state index in [9.17, 15) is 0 Å².